The highest BCUT2D eigenvalue weighted by molar-refractivity contribution is 5.79. The molecule has 26 heavy (non-hydrogen) atoms. The fraction of sp³-hybridized carbons (Fsp3) is 0.316. The molecule has 3 aromatic rings. The Hall–Kier alpha value is -2.93. The molecule has 2 aromatic heterocycles. The normalized spacial score (nSPS) is 15.5. The smallest absolute Gasteiger partial charge is 0.408 e. The first-order valence-electron chi connectivity index (χ1n) is 8.68. The number of nitrogens with zero attached hydrogens (tertiary/aromatic N) is 4. The highest BCUT2D eigenvalue weighted by Gasteiger charge is 2.22. The number of benzene rings is 1. The highest BCUT2D eigenvalue weighted by Crippen LogP contribution is 2.13. The maximum Gasteiger partial charge on any atom is 0.420 e. The number of piperazine rings is 1. The van der Waals surface area contributed by atoms with Crippen LogP contribution in [0.5, 0.6) is 0 Å². The maximum absolute atomic E-state index is 12.6. The van der Waals surface area contributed by atoms with Gasteiger partial charge in [0.25, 0.3) is 0 Å². The molecule has 0 radical (unpaired) electrons. The Morgan fingerprint density at radius 1 is 1.08 bits per heavy atom. The van der Waals surface area contributed by atoms with Crippen LogP contribution in [0.15, 0.2) is 58.0 Å². The van der Waals surface area contributed by atoms with Crippen molar-refractivity contribution in [2.75, 3.05) is 26.2 Å². The van der Waals surface area contributed by atoms with Crippen molar-refractivity contribution < 1.29 is 9.21 Å². The lowest BCUT2D eigenvalue weighted by Gasteiger charge is -2.34. The van der Waals surface area contributed by atoms with Gasteiger partial charge in [-0.25, -0.2) is 4.79 Å². The number of para-hydroxylation sites is 2. The topological polar surface area (TPSA) is 71.6 Å². The molecule has 134 valence electrons. The number of hydrogen-bond acceptors (Lipinski definition) is 5. The van der Waals surface area contributed by atoms with Crippen LogP contribution >= 0.6 is 0 Å². The van der Waals surface area contributed by atoms with Crippen molar-refractivity contribution in [1.29, 1.82) is 0 Å². The van der Waals surface area contributed by atoms with Crippen molar-refractivity contribution in [3.63, 3.8) is 0 Å². The van der Waals surface area contributed by atoms with Gasteiger partial charge in [-0.2, -0.15) is 0 Å². The maximum atomic E-state index is 12.6. The third kappa shape index (κ3) is 3.39. The van der Waals surface area contributed by atoms with E-state index in [1.807, 2.05) is 23.2 Å². The van der Waals surface area contributed by atoms with E-state index in [9.17, 15) is 9.59 Å². The average Bonchev–Trinajstić information content (AvgIpc) is 2.98. The first-order valence-corrected chi connectivity index (χ1v) is 8.68. The van der Waals surface area contributed by atoms with E-state index in [0.29, 0.717) is 24.2 Å². The number of oxazole rings is 1. The van der Waals surface area contributed by atoms with E-state index >= 15 is 0 Å². The molecule has 1 fully saturated rings. The van der Waals surface area contributed by atoms with Crippen LogP contribution in [-0.2, 0) is 17.9 Å². The molecule has 4 rings (SSSR count). The summed E-state index contributed by atoms with van der Waals surface area (Å²) < 4.78 is 6.60. The number of rotatable bonds is 4. The number of pyridine rings is 1. The Bertz CT molecular complexity index is 956. The van der Waals surface area contributed by atoms with Crippen LogP contribution in [0.4, 0.5) is 0 Å². The van der Waals surface area contributed by atoms with Gasteiger partial charge in [0.2, 0.25) is 5.91 Å². The number of aromatic nitrogens is 2. The number of fused-ring (bicyclic) bond motifs is 1. The third-order valence-corrected chi connectivity index (χ3v) is 4.72. The zero-order valence-corrected chi connectivity index (χ0v) is 14.4. The molecular weight excluding hydrogens is 332 g/mol. The highest BCUT2D eigenvalue weighted by atomic mass is 16.4. The zero-order valence-electron chi connectivity index (χ0n) is 14.4. The first kappa shape index (κ1) is 16.5. The molecular formula is C19H20N4O3. The number of carbonyl (C=O) groups is 1. The monoisotopic (exact) mass is 352 g/mol. The van der Waals surface area contributed by atoms with Crippen molar-refractivity contribution in [1.82, 2.24) is 19.4 Å². The van der Waals surface area contributed by atoms with Crippen molar-refractivity contribution in [3.8, 4) is 0 Å². The molecule has 1 aromatic carbocycles. The Kier molecular flexibility index (Phi) is 4.53. The molecule has 0 aliphatic carbocycles. The Morgan fingerprint density at radius 2 is 1.88 bits per heavy atom. The van der Waals surface area contributed by atoms with Crippen LogP contribution in [0, 0.1) is 0 Å². The minimum atomic E-state index is -0.491. The number of hydrogen-bond donors (Lipinski definition) is 0. The van der Waals surface area contributed by atoms with Gasteiger partial charge in [0.05, 0.1) is 5.52 Å². The molecule has 1 aliphatic heterocycles. The van der Waals surface area contributed by atoms with E-state index in [2.05, 4.69) is 16.0 Å². The van der Waals surface area contributed by atoms with Crippen LogP contribution in [-0.4, -0.2) is 51.4 Å². The molecule has 0 spiro atoms. The summed E-state index contributed by atoms with van der Waals surface area (Å²) in [4.78, 5) is 32.9. The van der Waals surface area contributed by atoms with Gasteiger partial charge in [0, 0.05) is 45.1 Å². The van der Waals surface area contributed by atoms with E-state index in [1.165, 1.54) is 10.1 Å². The summed E-state index contributed by atoms with van der Waals surface area (Å²) in [7, 11) is 0. The second kappa shape index (κ2) is 7.13. The molecule has 0 saturated carbocycles. The molecule has 1 aliphatic rings. The van der Waals surface area contributed by atoms with E-state index in [-0.39, 0.29) is 12.5 Å². The van der Waals surface area contributed by atoms with Crippen LogP contribution in [0.25, 0.3) is 11.1 Å². The van der Waals surface area contributed by atoms with Gasteiger partial charge in [-0.05, 0) is 23.8 Å². The van der Waals surface area contributed by atoms with E-state index in [0.717, 1.165) is 19.6 Å². The zero-order chi connectivity index (χ0) is 17.9. The standard InChI is InChI=1S/C19H20N4O3/c24-18(14-23-16-5-1-2-6-17(16)26-19(23)25)22-10-8-21(9-11-22)13-15-4-3-7-20-12-15/h1-7,12H,8-11,13-14H2. The SMILES string of the molecule is O=C(Cn1c(=O)oc2ccccc21)N1CCN(Cc2cccnc2)CC1. The van der Waals surface area contributed by atoms with Crippen LogP contribution in [0.3, 0.4) is 0 Å². The largest absolute Gasteiger partial charge is 0.420 e. The van der Waals surface area contributed by atoms with Crippen LogP contribution in [0.2, 0.25) is 0 Å². The molecule has 7 nitrogen and oxygen atoms in total. The van der Waals surface area contributed by atoms with Gasteiger partial charge >= 0.3 is 5.76 Å². The Morgan fingerprint density at radius 3 is 2.65 bits per heavy atom. The summed E-state index contributed by atoms with van der Waals surface area (Å²) in [5, 5.41) is 0. The van der Waals surface area contributed by atoms with Gasteiger partial charge in [-0.3, -0.25) is 19.2 Å². The summed E-state index contributed by atoms with van der Waals surface area (Å²) in [5.74, 6) is -0.547. The number of carbonyl (C=O) groups excluding carboxylic acids is 1. The summed E-state index contributed by atoms with van der Waals surface area (Å²) in [6.07, 6.45) is 3.63. The second-order valence-corrected chi connectivity index (χ2v) is 6.44. The molecule has 1 saturated heterocycles. The van der Waals surface area contributed by atoms with E-state index < -0.39 is 5.76 Å². The molecule has 1 amide bonds. The molecule has 7 heteroatoms. The van der Waals surface area contributed by atoms with Gasteiger partial charge in [-0.15, -0.1) is 0 Å². The van der Waals surface area contributed by atoms with Crippen molar-refractivity contribution in [3.05, 3.63) is 64.9 Å². The number of amides is 1. The van der Waals surface area contributed by atoms with Gasteiger partial charge < -0.3 is 9.32 Å². The van der Waals surface area contributed by atoms with Crippen molar-refractivity contribution >= 4 is 17.0 Å². The average molecular weight is 352 g/mol. The Labute approximate surface area is 150 Å². The fourth-order valence-corrected chi connectivity index (χ4v) is 3.30. The second-order valence-electron chi connectivity index (χ2n) is 6.44. The van der Waals surface area contributed by atoms with Crippen LogP contribution < -0.4 is 5.76 Å². The van der Waals surface area contributed by atoms with E-state index in [4.69, 9.17) is 4.42 Å². The van der Waals surface area contributed by atoms with Crippen molar-refractivity contribution in [2.24, 2.45) is 0 Å². The molecule has 0 N–H and O–H groups in total. The first-order chi connectivity index (χ1) is 12.7. The fourth-order valence-electron chi connectivity index (χ4n) is 3.30. The van der Waals surface area contributed by atoms with Gasteiger partial charge in [0.1, 0.15) is 6.54 Å². The predicted molar refractivity (Wildman–Crippen MR) is 96.6 cm³/mol. The van der Waals surface area contributed by atoms with Gasteiger partial charge in [0.15, 0.2) is 5.58 Å². The summed E-state index contributed by atoms with van der Waals surface area (Å²) in [5.41, 5.74) is 2.33. The lowest BCUT2D eigenvalue weighted by Crippen LogP contribution is -2.49. The molecule has 0 atom stereocenters. The quantitative estimate of drug-likeness (QED) is 0.708. The lowest BCUT2D eigenvalue weighted by atomic mass is 10.2. The van der Waals surface area contributed by atoms with Gasteiger partial charge in [-0.1, -0.05) is 18.2 Å². The molecule has 0 bridgehead atoms. The summed E-state index contributed by atoms with van der Waals surface area (Å²) >= 11 is 0. The van der Waals surface area contributed by atoms with E-state index in [1.54, 1.807) is 24.4 Å². The Balaban J connectivity index is 1.38. The molecule has 0 unspecified atom stereocenters. The summed E-state index contributed by atoms with van der Waals surface area (Å²) in [6.45, 7) is 3.77. The summed E-state index contributed by atoms with van der Waals surface area (Å²) in [6, 6.07) is 11.1. The minimum absolute atomic E-state index is 0.0124. The van der Waals surface area contributed by atoms with Crippen LogP contribution in [0.1, 0.15) is 5.56 Å². The minimum Gasteiger partial charge on any atom is -0.408 e. The van der Waals surface area contributed by atoms with Crippen molar-refractivity contribution in [2.45, 2.75) is 13.1 Å². The predicted octanol–water partition coefficient (Wildman–Crippen LogP) is 1.33. The molecule has 3 heterocycles. The third-order valence-electron chi connectivity index (χ3n) is 4.72. The lowest BCUT2D eigenvalue weighted by molar-refractivity contribution is -0.133.